The van der Waals surface area contributed by atoms with Crippen LogP contribution < -0.4 is 5.32 Å². The van der Waals surface area contributed by atoms with Crippen LogP contribution in [0.15, 0.2) is 0 Å². The Bertz CT molecular complexity index is 305. The molecule has 3 fully saturated rings. The summed E-state index contributed by atoms with van der Waals surface area (Å²) in [5, 5.41) is 3.35. The molecular weight excluding hydrogens is 212 g/mol. The molecule has 0 aromatic rings. The highest BCUT2D eigenvalue weighted by Crippen LogP contribution is 2.49. The second-order valence-electron chi connectivity index (χ2n) is 6.28. The van der Waals surface area contributed by atoms with Gasteiger partial charge in [0.05, 0.1) is 0 Å². The van der Waals surface area contributed by atoms with E-state index in [1.54, 1.807) is 0 Å². The Hall–Kier alpha value is -0.570. The molecule has 0 aromatic heterocycles. The molecule has 0 radical (unpaired) electrons. The summed E-state index contributed by atoms with van der Waals surface area (Å²) in [6.07, 6.45) is 6.39. The Balaban J connectivity index is 1.56. The molecule has 3 heteroatoms. The summed E-state index contributed by atoms with van der Waals surface area (Å²) < 4.78 is 0. The third-order valence-corrected chi connectivity index (χ3v) is 5.14. The van der Waals surface area contributed by atoms with Crippen LogP contribution in [0, 0.1) is 17.8 Å². The monoisotopic (exact) mass is 236 g/mol. The molecule has 3 aliphatic rings. The maximum atomic E-state index is 12.3. The average Bonchev–Trinajstić information content (AvgIpc) is 2.91. The van der Waals surface area contributed by atoms with Crippen molar-refractivity contribution in [3.63, 3.8) is 0 Å². The van der Waals surface area contributed by atoms with Crippen molar-refractivity contribution in [3.8, 4) is 0 Å². The number of carbonyl (C=O) groups excluding carboxylic acids is 1. The lowest BCUT2D eigenvalue weighted by Crippen LogP contribution is -2.52. The minimum Gasteiger partial charge on any atom is -0.337 e. The molecule has 2 saturated carbocycles. The third-order valence-electron chi connectivity index (χ3n) is 5.14. The van der Waals surface area contributed by atoms with Gasteiger partial charge < -0.3 is 10.2 Å². The van der Waals surface area contributed by atoms with E-state index in [-0.39, 0.29) is 0 Å². The van der Waals surface area contributed by atoms with Gasteiger partial charge in [-0.3, -0.25) is 4.79 Å². The van der Waals surface area contributed by atoms with Crippen LogP contribution in [0.25, 0.3) is 0 Å². The Morgan fingerprint density at radius 3 is 2.88 bits per heavy atom. The van der Waals surface area contributed by atoms with Gasteiger partial charge in [-0.2, -0.15) is 0 Å². The van der Waals surface area contributed by atoms with E-state index < -0.39 is 0 Å². The van der Waals surface area contributed by atoms with Crippen LogP contribution in [0.2, 0.25) is 0 Å². The summed E-state index contributed by atoms with van der Waals surface area (Å²) >= 11 is 0. The molecule has 1 amide bonds. The Kier molecular flexibility index (Phi) is 3.12. The largest absolute Gasteiger partial charge is 0.337 e. The maximum absolute atomic E-state index is 12.3. The first-order valence-electron chi connectivity index (χ1n) is 7.24. The van der Waals surface area contributed by atoms with E-state index in [0.717, 1.165) is 37.9 Å². The number of nitrogens with one attached hydrogen (secondary N) is 1. The second kappa shape index (κ2) is 4.60. The standard InChI is InChI=1S/C14H24N2O/c1-10-9-15-4-5-16(10)14(17)8-13-7-11-2-3-12(13)6-11/h10-13,15H,2-9H2,1H3/t10-,11?,12?,13?/m1/s1. The number of carbonyl (C=O) groups is 1. The Morgan fingerprint density at radius 2 is 2.24 bits per heavy atom. The summed E-state index contributed by atoms with van der Waals surface area (Å²) in [5.74, 6) is 2.96. The smallest absolute Gasteiger partial charge is 0.223 e. The third kappa shape index (κ3) is 2.22. The predicted octanol–water partition coefficient (Wildman–Crippen LogP) is 1.63. The number of nitrogens with zero attached hydrogens (tertiary/aromatic N) is 1. The van der Waals surface area contributed by atoms with E-state index in [4.69, 9.17) is 0 Å². The predicted molar refractivity (Wildman–Crippen MR) is 67.6 cm³/mol. The van der Waals surface area contributed by atoms with E-state index >= 15 is 0 Å². The van der Waals surface area contributed by atoms with Crippen LogP contribution in [-0.2, 0) is 4.79 Å². The zero-order valence-corrected chi connectivity index (χ0v) is 10.8. The quantitative estimate of drug-likeness (QED) is 0.790. The molecule has 1 saturated heterocycles. The fraction of sp³-hybridized carbons (Fsp3) is 0.929. The molecule has 0 spiro atoms. The van der Waals surface area contributed by atoms with Crippen LogP contribution in [0.4, 0.5) is 0 Å². The lowest BCUT2D eigenvalue weighted by atomic mass is 9.86. The Morgan fingerprint density at radius 1 is 1.35 bits per heavy atom. The molecule has 3 rings (SSSR count). The SMILES string of the molecule is C[C@@H]1CNCCN1C(=O)CC1CC2CCC1C2. The molecule has 1 aliphatic heterocycles. The molecule has 2 aliphatic carbocycles. The van der Waals surface area contributed by atoms with Crippen molar-refractivity contribution in [2.24, 2.45) is 17.8 Å². The number of hydrogen-bond donors (Lipinski definition) is 1. The number of amides is 1. The van der Waals surface area contributed by atoms with E-state index in [2.05, 4.69) is 17.1 Å². The number of rotatable bonds is 2. The number of piperazine rings is 1. The molecule has 1 heterocycles. The molecule has 3 nitrogen and oxygen atoms in total. The minimum absolute atomic E-state index is 0.384. The first-order valence-corrected chi connectivity index (χ1v) is 7.24. The summed E-state index contributed by atoms with van der Waals surface area (Å²) in [6, 6.07) is 0.384. The van der Waals surface area contributed by atoms with Gasteiger partial charge in [-0.1, -0.05) is 6.42 Å². The first-order chi connectivity index (χ1) is 8.24. The van der Waals surface area contributed by atoms with Crippen molar-refractivity contribution in [1.82, 2.24) is 10.2 Å². The minimum atomic E-state index is 0.384. The number of fused-ring (bicyclic) bond motifs is 2. The fourth-order valence-electron chi connectivity index (χ4n) is 4.18. The van der Waals surface area contributed by atoms with Crippen molar-refractivity contribution in [1.29, 1.82) is 0 Å². The fourth-order valence-corrected chi connectivity index (χ4v) is 4.18. The number of hydrogen-bond acceptors (Lipinski definition) is 2. The van der Waals surface area contributed by atoms with Gasteiger partial charge in [-0.15, -0.1) is 0 Å². The summed E-state index contributed by atoms with van der Waals surface area (Å²) in [7, 11) is 0. The highest BCUT2D eigenvalue weighted by molar-refractivity contribution is 5.77. The van der Waals surface area contributed by atoms with Crippen molar-refractivity contribution in [2.75, 3.05) is 19.6 Å². The lowest BCUT2D eigenvalue weighted by molar-refractivity contribution is -0.135. The molecular formula is C14H24N2O. The van der Waals surface area contributed by atoms with E-state index in [1.807, 2.05) is 0 Å². The maximum Gasteiger partial charge on any atom is 0.223 e. The van der Waals surface area contributed by atoms with Crippen LogP contribution in [-0.4, -0.2) is 36.5 Å². The molecule has 1 N–H and O–H groups in total. The van der Waals surface area contributed by atoms with Crippen LogP contribution in [0.5, 0.6) is 0 Å². The molecule has 4 atom stereocenters. The van der Waals surface area contributed by atoms with Crippen molar-refractivity contribution >= 4 is 5.91 Å². The molecule has 3 unspecified atom stereocenters. The normalized spacial score (nSPS) is 40.9. The first kappa shape index (κ1) is 11.5. The van der Waals surface area contributed by atoms with Crippen LogP contribution in [0.1, 0.15) is 39.0 Å². The molecule has 2 bridgehead atoms. The molecule has 0 aromatic carbocycles. The van der Waals surface area contributed by atoms with Gasteiger partial charge in [0.2, 0.25) is 5.91 Å². The second-order valence-corrected chi connectivity index (χ2v) is 6.28. The highest BCUT2D eigenvalue weighted by Gasteiger charge is 2.41. The molecule has 96 valence electrons. The van der Waals surface area contributed by atoms with Gasteiger partial charge >= 0.3 is 0 Å². The van der Waals surface area contributed by atoms with E-state index in [0.29, 0.717) is 17.9 Å². The topological polar surface area (TPSA) is 32.3 Å². The van der Waals surface area contributed by atoms with Crippen LogP contribution in [0.3, 0.4) is 0 Å². The van der Waals surface area contributed by atoms with Crippen molar-refractivity contribution in [3.05, 3.63) is 0 Å². The summed E-state index contributed by atoms with van der Waals surface area (Å²) in [5.41, 5.74) is 0. The van der Waals surface area contributed by atoms with Gasteiger partial charge in [-0.05, 0) is 43.9 Å². The summed E-state index contributed by atoms with van der Waals surface area (Å²) in [6.45, 7) is 4.99. The van der Waals surface area contributed by atoms with Gasteiger partial charge in [-0.25, -0.2) is 0 Å². The van der Waals surface area contributed by atoms with Crippen molar-refractivity contribution < 1.29 is 4.79 Å². The average molecular weight is 236 g/mol. The summed E-state index contributed by atoms with van der Waals surface area (Å²) in [4.78, 5) is 14.4. The van der Waals surface area contributed by atoms with E-state index in [1.165, 1.54) is 25.7 Å². The van der Waals surface area contributed by atoms with Gasteiger partial charge in [0.25, 0.3) is 0 Å². The van der Waals surface area contributed by atoms with Gasteiger partial charge in [0.1, 0.15) is 0 Å². The lowest BCUT2D eigenvalue weighted by Gasteiger charge is -2.35. The van der Waals surface area contributed by atoms with Crippen molar-refractivity contribution in [2.45, 2.75) is 45.1 Å². The zero-order valence-electron chi connectivity index (χ0n) is 10.8. The zero-order chi connectivity index (χ0) is 11.8. The van der Waals surface area contributed by atoms with Crippen LogP contribution >= 0.6 is 0 Å². The van der Waals surface area contributed by atoms with E-state index in [9.17, 15) is 4.79 Å². The van der Waals surface area contributed by atoms with Gasteiger partial charge in [0.15, 0.2) is 0 Å². The highest BCUT2D eigenvalue weighted by atomic mass is 16.2. The Labute approximate surface area is 104 Å². The van der Waals surface area contributed by atoms with Gasteiger partial charge in [0, 0.05) is 32.1 Å². The molecule has 17 heavy (non-hydrogen) atoms.